The Hall–Kier alpha value is -1.62. The van der Waals surface area contributed by atoms with E-state index in [9.17, 15) is 14.0 Å². The van der Waals surface area contributed by atoms with Crippen molar-refractivity contribution in [1.82, 2.24) is 5.32 Å². The molecule has 1 aromatic rings. The van der Waals surface area contributed by atoms with Crippen LogP contribution >= 0.6 is 11.6 Å². The maximum Gasteiger partial charge on any atom is 0.303 e. The number of nitrogens with one attached hydrogen (secondary N) is 1. The lowest BCUT2D eigenvalue weighted by molar-refractivity contribution is -0.138. The Kier molecular flexibility index (Phi) is 4.28. The number of carboxylic acids is 1. The quantitative estimate of drug-likeness (QED) is 0.848. The highest BCUT2D eigenvalue weighted by molar-refractivity contribution is 6.31. The second kappa shape index (κ2) is 5.79. The molecule has 1 aliphatic rings. The van der Waals surface area contributed by atoms with Crippen LogP contribution in [0.2, 0.25) is 5.02 Å². The van der Waals surface area contributed by atoms with Crippen LogP contribution in [0, 0.1) is 5.82 Å². The number of carbonyl (C=O) groups excluding carboxylic acids is 1. The van der Waals surface area contributed by atoms with E-state index in [4.69, 9.17) is 16.7 Å². The molecular formula is C14H15ClFNO3. The number of hydrogen-bond acceptors (Lipinski definition) is 2. The molecule has 6 heteroatoms. The van der Waals surface area contributed by atoms with Gasteiger partial charge in [-0.25, -0.2) is 4.39 Å². The molecule has 0 radical (unpaired) electrons. The minimum Gasteiger partial charge on any atom is -0.481 e. The van der Waals surface area contributed by atoms with Crippen LogP contribution in [0.15, 0.2) is 18.2 Å². The van der Waals surface area contributed by atoms with Crippen LogP contribution < -0.4 is 5.32 Å². The third kappa shape index (κ3) is 3.48. The molecule has 0 saturated heterocycles. The molecule has 1 aliphatic carbocycles. The third-order valence-electron chi connectivity index (χ3n) is 3.55. The first-order chi connectivity index (χ1) is 9.43. The Morgan fingerprint density at radius 2 is 2.05 bits per heavy atom. The molecule has 0 atom stereocenters. The summed E-state index contributed by atoms with van der Waals surface area (Å²) in [5, 5.41) is 11.6. The van der Waals surface area contributed by atoms with Gasteiger partial charge in [-0.3, -0.25) is 9.59 Å². The number of carboxylic acid groups (broad SMARTS) is 1. The van der Waals surface area contributed by atoms with Crippen molar-refractivity contribution < 1.29 is 19.1 Å². The van der Waals surface area contributed by atoms with Crippen molar-refractivity contribution >= 4 is 23.5 Å². The Balaban J connectivity index is 1.95. The molecule has 0 aromatic heterocycles. The standard InChI is InChI=1S/C14H15ClFNO3/c15-11-7-9(16)1-2-10(11)14(5-6-14)8-17-12(18)3-4-13(19)20/h1-2,7H,3-6,8H2,(H,17,18)(H,19,20). The Morgan fingerprint density at radius 3 is 2.60 bits per heavy atom. The largest absolute Gasteiger partial charge is 0.481 e. The molecule has 108 valence electrons. The summed E-state index contributed by atoms with van der Waals surface area (Å²) in [6.45, 7) is 0.400. The van der Waals surface area contributed by atoms with Gasteiger partial charge in [0, 0.05) is 23.4 Å². The molecule has 0 unspecified atom stereocenters. The van der Waals surface area contributed by atoms with Gasteiger partial charge in [0.25, 0.3) is 0 Å². The predicted molar refractivity (Wildman–Crippen MR) is 72.2 cm³/mol. The van der Waals surface area contributed by atoms with E-state index in [2.05, 4.69) is 5.32 Å². The highest BCUT2D eigenvalue weighted by atomic mass is 35.5. The molecule has 0 aliphatic heterocycles. The van der Waals surface area contributed by atoms with Crippen molar-refractivity contribution in [3.8, 4) is 0 Å². The van der Waals surface area contributed by atoms with Gasteiger partial charge in [-0.2, -0.15) is 0 Å². The Labute approximate surface area is 120 Å². The van der Waals surface area contributed by atoms with Gasteiger partial charge >= 0.3 is 5.97 Å². The summed E-state index contributed by atoms with van der Waals surface area (Å²) in [6.07, 6.45) is 1.52. The van der Waals surface area contributed by atoms with Crippen LogP contribution in [0.3, 0.4) is 0 Å². The SMILES string of the molecule is O=C(O)CCC(=O)NCC1(c2ccc(F)cc2Cl)CC1. The van der Waals surface area contributed by atoms with Gasteiger partial charge in [0.1, 0.15) is 5.82 Å². The fraction of sp³-hybridized carbons (Fsp3) is 0.429. The first kappa shape index (κ1) is 14.8. The van der Waals surface area contributed by atoms with E-state index in [0.29, 0.717) is 11.6 Å². The van der Waals surface area contributed by atoms with E-state index in [1.54, 1.807) is 6.07 Å². The third-order valence-corrected chi connectivity index (χ3v) is 3.86. The number of rotatable bonds is 6. The molecule has 1 fully saturated rings. The van der Waals surface area contributed by atoms with Crippen molar-refractivity contribution in [2.24, 2.45) is 0 Å². The predicted octanol–water partition coefficient (Wildman–Crippen LogP) is 2.49. The number of benzene rings is 1. The monoisotopic (exact) mass is 299 g/mol. The maximum absolute atomic E-state index is 13.0. The van der Waals surface area contributed by atoms with Gasteiger partial charge in [0.05, 0.1) is 6.42 Å². The molecule has 4 nitrogen and oxygen atoms in total. The first-order valence-electron chi connectivity index (χ1n) is 6.37. The molecule has 0 heterocycles. The fourth-order valence-corrected chi connectivity index (χ4v) is 2.56. The molecule has 1 saturated carbocycles. The van der Waals surface area contributed by atoms with Crippen LogP contribution in [0.4, 0.5) is 4.39 Å². The van der Waals surface area contributed by atoms with E-state index in [-0.39, 0.29) is 30.0 Å². The molecular weight excluding hydrogens is 285 g/mol. The molecule has 20 heavy (non-hydrogen) atoms. The highest BCUT2D eigenvalue weighted by Gasteiger charge is 2.45. The molecule has 0 bridgehead atoms. The van der Waals surface area contributed by atoms with Gasteiger partial charge in [-0.1, -0.05) is 17.7 Å². The lowest BCUT2D eigenvalue weighted by Gasteiger charge is -2.18. The van der Waals surface area contributed by atoms with Gasteiger partial charge in [0.2, 0.25) is 5.91 Å². The minimum absolute atomic E-state index is 0.0391. The second-order valence-electron chi connectivity index (χ2n) is 5.07. The van der Waals surface area contributed by atoms with Gasteiger partial charge in [0.15, 0.2) is 0 Å². The number of halogens is 2. The zero-order valence-electron chi connectivity index (χ0n) is 10.8. The molecule has 1 amide bonds. The highest BCUT2D eigenvalue weighted by Crippen LogP contribution is 2.50. The molecule has 0 spiro atoms. The summed E-state index contributed by atoms with van der Waals surface area (Å²) >= 11 is 6.04. The van der Waals surface area contributed by atoms with Crippen LogP contribution in [-0.4, -0.2) is 23.5 Å². The van der Waals surface area contributed by atoms with Crippen molar-refractivity contribution in [2.75, 3.05) is 6.54 Å². The van der Waals surface area contributed by atoms with Crippen LogP contribution in [0.5, 0.6) is 0 Å². The summed E-state index contributed by atoms with van der Waals surface area (Å²) in [7, 11) is 0. The van der Waals surface area contributed by atoms with Gasteiger partial charge < -0.3 is 10.4 Å². The topological polar surface area (TPSA) is 66.4 Å². The molecule has 2 rings (SSSR count). The molecule has 2 N–H and O–H groups in total. The van der Waals surface area contributed by atoms with Crippen molar-refractivity contribution in [2.45, 2.75) is 31.1 Å². The second-order valence-corrected chi connectivity index (χ2v) is 5.48. The summed E-state index contributed by atoms with van der Waals surface area (Å²) in [4.78, 5) is 21.9. The average molecular weight is 300 g/mol. The number of carbonyl (C=O) groups is 2. The Bertz CT molecular complexity index is 543. The van der Waals surface area contributed by atoms with Crippen molar-refractivity contribution in [3.05, 3.63) is 34.6 Å². The van der Waals surface area contributed by atoms with E-state index < -0.39 is 5.97 Å². The lowest BCUT2D eigenvalue weighted by Crippen LogP contribution is -2.32. The molecule has 1 aromatic carbocycles. The van der Waals surface area contributed by atoms with Crippen LogP contribution in [-0.2, 0) is 15.0 Å². The maximum atomic E-state index is 13.0. The summed E-state index contributed by atoms with van der Waals surface area (Å²) in [5.41, 5.74) is 0.600. The summed E-state index contributed by atoms with van der Waals surface area (Å²) < 4.78 is 13.0. The zero-order valence-corrected chi connectivity index (χ0v) is 11.5. The Morgan fingerprint density at radius 1 is 1.35 bits per heavy atom. The number of amides is 1. The first-order valence-corrected chi connectivity index (χ1v) is 6.75. The van der Waals surface area contributed by atoms with Crippen molar-refractivity contribution in [3.63, 3.8) is 0 Å². The van der Waals surface area contributed by atoms with E-state index in [1.807, 2.05) is 0 Å². The van der Waals surface area contributed by atoms with Crippen LogP contribution in [0.1, 0.15) is 31.2 Å². The van der Waals surface area contributed by atoms with Crippen LogP contribution in [0.25, 0.3) is 0 Å². The van der Waals surface area contributed by atoms with Gasteiger partial charge in [-0.05, 0) is 30.5 Å². The lowest BCUT2D eigenvalue weighted by atomic mass is 9.95. The van der Waals surface area contributed by atoms with E-state index in [1.165, 1.54) is 12.1 Å². The normalized spacial score (nSPS) is 15.7. The summed E-state index contributed by atoms with van der Waals surface area (Å²) in [6, 6.07) is 4.27. The van der Waals surface area contributed by atoms with Crippen molar-refractivity contribution in [1.29, 1.82) is 0 Å². The zero-order chi connectivity index (χ0) is 14.8. The number of hydrogen-bond donors (Lipinski definition) is 2. The summed E-state index contributed by atoms with van der Waals surface area (Å²) in [5.74, 6) is -1.68. The van der Waals surface area contributed by atoms with Gasteiger partial charge in [-0.15, -0.1) is 0 Å². The smallest absolute Gasteiger partial charge is 0.303 e. The number of aliphatic carboxylic acids is 1. The van der Waals surface area contributed by atoms with E-state index in [0.717, 1.165) is 18.4 Å². The minimum atomic E-state index is -0.997. The average Bonchev–Trinajstić information content (AvgIpc) is 3.15. The fourth-order valence-electron chi connectivity index (χ4n) is 2.19. The van der Waals surface area contributed by atoms with E-state index >= 15 is 0 Å².